The van der Waals surface area contributed by atoms with Gasteiger partial charge in [0.15, 0.2) is 0 Å². The van der Waals surface area contributed by atoms with Gasteiger partial charge in [-0.3, -0.25) is 0 Å². The molecule has 0 aliphatic rings. The van der Waals surface area contributed by atoms with Crippen molar-refractivity contribution >= 4 is 11.8 Å². The Balaban J connectivity index is 2.10. The summed E-state index contributed by atoms with van der Waals surface area (Å²) in [7, 11) is 1.72. The first-order valence-corrected chi connectivity index (χ1v) is 5.14. The van der Waals surface area contributed by atoms with Gasteiger partial charge >= 0.3 is 0 Å². The van der Waals surface area contributed by atoms with Gasteiger partial charge in [0.2, 0.25) is 5.95 Å². The highest BCUT2D eigenvalue weighted by atomic mass is 16.5. The van der Waals surface area contributed by atoms with Gasteiger partial charge in [0.25, 0.3) is 0 Å². The molecular weight excluding hydrogens is 192 g/mol. The molecule has 1 heterocycles. The lowest BCUT2D eigenvalue weighted by Crippen LogP contribution is -2.05. The van der Waals surface area contributed by atoms with Crippen LogP contribution in [0.25, 0.3) is 0 Å². The summed E-state index contributed by atoms with van der Waals surface area (Å²) in [6.45, 7) is 1.74. The predicted molar refractivity (Wildman–Crippen MR) is 60.7 cm³/mol. The minimum absolute atomic E-state index is 0.305. The molecule has 0 atom stereocenters. The van der Waals surface area contributed by atoms with Crippen molar-refractivity contribution in [1.29, 1.82) is 0 Å². The quantitative estimate of drug-likeness (QED) is 0.663. The van der Waals surface area contributed by atoms with Crippen molar-refractivity contribution < 1.29 is 4.74 Å². The summed E-state index contributed by atoms with van der Waals surface area (Å²) >= 11 is 0. The Morgan fingerprint density at radius 1 is 1.40 bits per heavy atom. The lowest BCUT2D eigenvalue weighted by atomic mass is 10.2. The molecule has 1 rings (SSSR count). The zero-order chi connectivity index (χ0) is 10.9. The molecule has 0 unspecified atom stereocenters. The van der Waals surface area contributed by atoms with E-state index in [0.29, 0.717) is 5.95 Å². The smallest absolute Gasteiger partial charge is 0.221 e. The van der Waals surface area contributed by atoms with Crippen LogP contribution in [-0.2, 0) is 4.74 Å². The maximum absolute atomic E-state index is 5.45. The summed E-state index contributed by atoms with van der Waals surface area (Å²) in [6, 6.07) is 1.81. The number of nitrogens with one attached hydrogen (secondary N) is 1. The number of rotatable bonds is 7. The lowest BCUT2D eigenvalue weighted by Gasteiger charge is -2.05. The topological polar surface area (TPSA) is 73.1 Å². The fraction of sp³-hybridized carbons (Fsp3) is 0.600. The highest BCUT2D eigenvalue weighted by Crippen LogP contribution is 2.03. The Morgan fingerprint density at radius 2 is 2.27 bits per heavy atom. The normalized spacial score (nSPS) is 10.2. The van der Waals surface area contributed by atoms with Crippen LogP contribution in [0.5, 0.6) is 0 Å². The van der Waals surface area contributed by atoms with E-state index in [1.54, 1.807) is 13.3 Å². The van der Waals surface area contributed by atoms with Gasteiger partial charge in [-0.2, -0.15) is 4.98 Å². The van der Waals surface area contributed by atoms with E-state index in [0.717, 1.165) is 38.2 Å². The number of methoxy groups -OCH3 is 1. The average Bonchev–Trinajstić information content (AvgIpc) is 2.23. The van der Waals surface area contributed by atoms with Crippen molar-refractivity contribution in [2.75, 3.05) is 31.3 Å². The van der Waals surface area contributed by atoms with E-state index in [9.17, 15) is 0 Å². The molecule has 0 bridgehead atoms. The number of ether oxygens (including phenoxy) is 1. The summed E-state index contributed by atoms with van der Waals surface area (Å²) in [6.07, 6.45) is 5.01. The highest BCUT2D eigenvalue weighted by molar-refractivity contribution is 5.36. The molecule has 5 nitrogen and oxygen atoms in total. The molecule has 0 radical (unpaired) electrons. The number of anilines is 2. The minimum atomic E-state index is 0.305. The maximum Gasteiger partial charge on any atom is 0.221 e. The van der Waals surface area contributed by atoms with E-state index in [2.05, 4.69) is 15.3 Å². The van der Waals surface area contributed by atoms with E-state index in [-0.39, 0.29) is 0 Å². The van der Waals surface area contributed by atoms with Crippen LogP contribution < -0.4 is 11.1 Å². The van der Waals surface area contributed by atoms with E-state index >= 15 is 0 Å². The molecule has 0 saturated carbocycles. The van der Waals surface area contributed by atoms with Crippen molar-refractivity contribution in [3.63, 3.8) is 0 Å². The fourth-order valence-corrected chi connectivity index (χ4v) is 1.24. The zero-order valence-electron chi connectivity index (χ0n) is 9.07. The van der Waals surface area contributed by atoms with Gasteiger partial charge in [0.05, 0.1) is 0 Å². The van der Waals surface area contributed by atoms with E-state index in [1.807, 2.05) is 6.07 Å². The number of aromatic nitrogens is 2. The van der Waals surface area contributed by atoms with Crippen LogP contribution in [-0.4, -0.2) is 30.2 Å². The van der Waals surface area contributed by atoms with Crippen molar-refractivity contribution in [2.45, 2.75) is 19.3 Å². The van der Waals surface area contributed by atoms with Gasteiger partial charge in [-0.25, -0.2) is 4.98 Å². The number of hydrogen-bond donors (Lipinski definition) is 2. The minimum Gasteiger partial charge on any atom is -0.385 e. The highest BCUT2D eigenvalue weighted by Gasteiger charge is 1.94. The molecule has 3 N–H and O–H groups in total. The molecule has 15 heavy (non-hydrogen) atoms. The molecule has 5 heteroatoms. The van der Waals surface area contributed by atoms with Crippen molar-refractivity contribution in [3.8, 4) is 0 Å². The molecule has 0 spiro atoms. The van der Waals surface area contributed by atoms with Gasteiger partial charge < -0.3 is 15.8 Å². The van der Waals surface area contributed by atoms with Crippen LogP contribution in [0.1, 0.15) is 19.3 Å². The Hall–Kier alpha value is -1.36. The van der Waals surface area contributed by atoms with Gasteiger partial charge in [-0.15, -0.1) is 0 Å². The second-order valence-electron chi connectivity index (χ2n) is 3.28. The monoisotopic (exact) mass is 210 g/mol. The van der Waals surface area contributed by atoms with Crippen LogP contribution >= 0.6 is 0 Å². The van der Waals surface area contributed by atoms with E-state index in [4.69, 9.17) is 10.5 Å². The van der Waals surface area contributed by atoms with E-state index < -0.39 is 0 Å². The first-order chi connectivity index (χ1) is 7.33. The van der Waals surface area contributed by atoms with Gasteiger partial charge in [-0.1, -0.05) is 0 Å². The predicted octanol–water partition coefficient (Wildman–Crippen LogP) is 1.29. The number of hydrogen-bond acceptors (Lipinski definition) is 5. The van der Waals surface area contributed by atoms with Gasteiger partial charge in [-0.05, 0) is 25.3 Å². The third kappa shape index (κ3) is 5.17. The molecule has 1 aromatic heterocycles. The standard InChI is InChI=1S/C10H18N4O/c1-15-8-4-2-3-6-12-9-5-7-13-10(11)14-9/h5,7H,2-4,6,8H2,1H3,(H3,11,12,13,14). The molecular formula is C10H18N4O. The average molecular weight is 210 g/mol. The Morgan fingerprint density at radius 3 is 3.00 bits per heavy atom. The Bertz CT molecular complexity index is 280. The Kier molecular flexibility index (Phi) is 5.47. The molecule has 0 aromatic carbocycles. The van der Waals surface area contributed by atoms with Crippen molar-refractivity contribution in [3.05, 3.63) is 12.3 Å². The first-order valence-electron chi connectivity index (χ1n) is 5.14. The second kappa shape index (κ2) is 7.00. The summed E-state index contributed by atoms with van der Waals surface area (Å²) < 4.78 is 4.96. The molecule has 0 saturated heterocycles. The zero-order valence-corrected chi connectivity index (χ0v) is 9.07. The van der Waals surface area contributed by atoms with Crippen molar-refractivity contribution in [2.24, 2.45) is 0 Å². The molecule has 0 amide bonds. The maximum atomic E-state index is 5.45. The molecule has 0 aliphatic carbocycles. The number of nitrogens with zero attached hydrogens (tertiary/aromatic N) is 2. The van der Waals surface area contributed by atoms with E-state index in [1.165, 1.54) is 0 Å². The molecule has 84 valence electrons. The second-order valence-corrected chi connectivity index (χ2v) is 3.28. The van der Waals surface area contributed by atoms with Crippen LogP contribution in [0, 0.1) is 0 Å². The summed E-state index contributed by atoms with van der Waals surface area (Å²) in [5, 5.41) is 3.19. The van der Waals surface area contributed by atoms with Crippen LogP contribution in [0.3, 0.4) is 0 Å². The summed E-state index contributed by atoms with van der Waals surface area (Å²) in [5.41, 5.74) is 5.45. The van der Waals surface area contributed by atoms with Gasteiger partial charge in [0.1, 0.15) is 5.82 Å². The Labute approximate surface area is 90.1 Å². The number of unbranched alkanes of at least 4 members (excludes halogenated alkanes) is 2. The van der Waals surface area contributed by atoms with Gasteiger partial charge in [0, 0.05) is 26.5 Å². The summed E-state index contributed by atoms with van der Waals surface area (Å²) in [5.74, 6) is 1.09. The third-order valence-corrected chi connectivity index (χ3v) is 2.01. The summed E-state index contributed by atoms with van der Waals surface area (Å²) in [4.78, 5) is 7.86. The lowest BCUT2D eigenvalue weighted by molar-refractivity contribution is 0.192. The largest absolute Gasteiger partial charge is 0.385 e. The van der Waals surface area contributed by atoms with Crippen LogP contribution in [0.15, 0.2) is 12.3 Å². The molecule has 0 fully saturated rings. The number of nitrogen functional groups attached to an aromatic ring is 1. The fourth-order valence-electron chi connectivity index (χ4n) is 1.24. The van der Waals surface area contributed by atoms with Crippen LogP contribution in [0.4, 0.5) is 11.8 Å². The SMILES string of the molecule is COCCCCCNc1ccnc(N)n1. The van der Waals surface area contributed by atoms with Crippen LogP contribution in [0.2, 0.25) is 0 Å². The first kappa shape index (κ1) is 11.7. The molecule has 0 aliphatic heterocycles. The molecule has 1 aromatic rings. The number of nitrogens with two attached hydrogens (primary N) is 1. The van der Waals surface area contributed by atoms with Crippen molar-refractivity contribution in [1.82, 2.24) is 9.97 Å². The third-order valence-electron chi connectivity index (χ3n) is 2.01.